The van der Waals surface area contributed by atoms with Gasteiger partial charge in [0.05, 0.1) is 12.0 Å². The molecule has 1 heterocycles. The molecule has 0 saturated carbocycles. The van der Waals surface area contributed by atoms with Gasteiger partial charge in [0, 0.05) is 11.6 Å². The second kappa shape index (κ2) is 3.87. The van der Waals surface area contributed by atoms with E-state index in [1.165, 1.54) is 11.1 Å². The number of carbonyl (C=O) groups excluding carboxylic acids is 1. The van der Waals surface area contributed by atoms with Crippen molar-refractivity contribution in [3.05, 3.63) is 41.0 Å². The Hall–Kier alpha value is -1.77. The number of rotatable bonds is 1. The van der Waals surface area contributed by atoms with E-state index in [4.69, 9.17) is 0 Å². The molecule has 0 unspecified atom stereocenters. The van der Waals surface area contributed by atoms with Crippen LogP contribution in [0.2, 0.25) is 0 Å². The third-order valence-electron chi connectivity index (χ3n) is 4.32. The maximum Gasteiger partial charge on any atom is 0.0698 e. The summed E-state index contributed by atoms with van der Waals surface area (Å²) in [6, 6.07) is 3.64. The van der Waals surface area contributed by atoms with Crippen molar-refractivity contribution in [3.8, 4) is 0 Å². The Balaban J connectivity index is 2.14. The predicted molar refractivity (Wildman–Crippen MR) is 68.3 cm³/mol. The Labute approximate surface area is 107 Å². The average molecular weight is 242 g/mol. The van der Waals surface area contributed by atoms with Crippen molar-refractivity contribution < 1.29 is 9.90 Å². The minimum Gasteiger partial charge on any atom is -0.548 e. The summed E-state index contributed by atoms with van der Waals surface area (Å²) in [5, 5.41) is 14.5. The molecule has 3 rings (SSSR count). The van der Waals surface area contributed by atoms with Crippen LogP contribution in [0, 0.1) is 19.8 Å². The Kier molecular flexibility index (Phi) is 2.44. The van der Waals surface area contributed by atoms with E-state index in [-0.39, 0.29) is 11.8 Å². The van der Waals surface area contributed by atoms with Gasteiger partial charge in [0.25, 0.3) is 0 Å². The van der Waals surface area contributed by atoms with Crippen LogP contribution in [0.4, 0.5) is 5.69 Å². The molecule has 0 fully saturated rings. The molecule has 0 bridgehead atoms. The number of hydrogen-bond donors (Lipinski definition) is 1. The van der Waals surface area contributed by atoms with Crippen molar-refractivity contribution in [3.63, 3.8) is 0 Å². The number of allylic oxidation sites excluding steroid dienone is 2. The summed E-state index contributed by atoms with van der Waals surface area (Å²) in [4.78, 5) is 11.3. The molecule has 0 saturated heterocycles. The molecule has 1 aromatic carbocycles. The van der Waals surface area contributed by atoms with Crippen LogP contribution in [0.3, 0.4) is 0 Å². The summed E-state index contributed by atoms with van der Waals surface area (Å²) >= 11 is 0. The standard InChI is InChI=1S/C15H17NO2/c1-8-6-7-12-10-4-3-5-11(10)14(15(17)18)16-13(12)9(8)2/h3-4,6-7,10-11,14,16H,5H2,1-2H3,(H,17,18)/p-1/t10-,11-,14-/m0/s1. The molecule has 1 N–H and O–H groups in total. The summed E-state index contributed by atoms with van der Waals surface area (Å²) < 4.78 is 0. The SMILES string of the molecule is Cc1ccc2c(c1C)N[C@H](C(=O)[O-])[C@H]1CC=C[C@H]21. The van der Waals surface area contributed by atoms with Gasteiger partial charge in [0.1, 0.15) is 0 Å². The van der Waals surface area contributed by atoms with Gasteiger partial charge >= 0.3 is 0 Å². The lowest BCUT2D eigenvalue weighted by molar-refractivity contribution is -0.308. The third-order valence-corrected chi connectivity index (χ3v) is 4.32. The van der Waals surface area contributed by atoms with E-state index >= 15 is 0 Å². The lowest BCUT2D eigenvalue weighted by Gasteiger charge is -2.38. The highest BCUT2D eigenvalue weighted by atomic mass is 16.4. The summed E-state index contributed by atoms with van der Waals surface area (Å²) in [5.41, 5.74) is 4.52. The van der Waals surface area contributed by atoms with Gasteiger partial charge < -0.3 is 15.2 Å². The molecule has 94 valence electrons. The lowest BCUT2D eigenvalue weighted by atomic mass is 9.78. The number of carboxylic acid groups (broad SMARTS) is 1. The van der Waals surface area contributed by atoms with E-state index in [9.17, 15) is 9.90 Å². The summed E-state index contributed by atoms with van der Waals surface area (Å²) in [7, 11) is 0. The van der Waals surface area contributed by atoms with Crippen molar-refractivity contribution >= 4 is 11.7 Å². The number of anilines is 1. The van der Waals surface area contributed by atoms with E-state index in [1.807, 2.05) is 13.8 Å². The van der Waals surface area contributed by atoms with Crippen molar-refractivity contribution in [2.75, 3.05) is 5.32 Å². The molecule has 2 aliphatic rings. The monoisotopic (exact) mass is 242 g/mol. The maximum absolute atomic E-state index is 11.3. The predicted octanol–water partition coefficient (Wildman–Crippen LogP) is 1.51. The number of nitrogens with one attached hydrogen (secondary N) is 1. The van der Waals surface area contributed by atoms with Gasteiger partial charge in [-0.05, 0) is 42.9 Å². The first kappa shape index (κ1) is 11.3. The molecule has 3 atom stereocenters. The van der Waals surface area contributed by atoms with Crippen LogP contribution in [-0.4, -0.2) is 12.0 Å². The molecule has 0 radical (unpaired) electrons. The van der Waals surface area contributed by atoms with Gasteiger partial charge in [-0.2, -0.15) is 0 Å². The molecule has 1 aliphatic carbocycles. The van der Waals surface area contributed by atoms with Crippen LogP contribution in [0.5, 0.6) is 0 Å². The Morgan fingerprint density at radius 1 is 1.39 bits per heavy atom. The van der Waals surface area contributed by atoms with Gasteiger partial charge in [-0.25, -0.2) is 0 Å². The average Bonchev–Trinajstić information content (AvgIpc) is 2.81. The zero-order valence-corrected chi connectivity index (χ0v) is 10.6. The van der Waals surface area contributed by atoms with Gasteiger partial charge in [-0.1, -0.05) is 24.3 Å². The zero-order valence-electron chi connectivity index (χ0n) is 10.6. The zero-order chi connectivity index (χ0) is 12.9. The molecule has 1 aliphatic heterocycles. The number of carboxylic acids is 1. The fourth-order valence-corrected chi connectivity index (χ4v) is 3.15. The second-order valence-electron chi connectivity index (χ2n) is 5.27. The van der Waals surface area contributed by atoms with Crippen LogP contribution in [0.25, 0.3) is 0 Å². The van der Waals surface area contributed by atoms with Crippen LogP contribution < -0.4 is 10.4 Å². The smallest absolute Gasteiger partial charge is 0.0698 e. The van der Waals surface area contributed by atoms with Crippen LogP contribution in [-0.2, 0) is 4.79 Å². The van der Waals surface area contributed by atoms with E-state index in [0.717, 1.165) is 17.7 Å². The van der Waals surface area contributed by atoms with E-state index in [2.05, 4.69) is 29.6 Å². The lowest BCUT2D eigenvalue weighted by Crippen LogP contribution is -2.49. The molecule has 0 spiro atoms. The minimum atomic E-state index is -1.000. The second-order valence-corrected chi connectivity index (χ2v) is 5.27. The molecule has 18 heavy (non-hydrogen) atoms. The maximum atomic E-state index is 11.3. The molecule has 0 amide bonds. The van der Waals surface area contributed by atoms with Crippen LogP contribution in [0.15, 0.2) is 24.3 Å². The first-order valence-electron chi connectivity index (χ1n) is 6.33. The van der Waals surface area contributed by atoms with E-state index < -0.39 is 12.0 Å². The Bertz CT molecular complexity index is 548. The van der Waals surface area contributed by atoms with Gasteiger partial charge in [-0.15, -0.1) is 0 Å². The number of aryl methyl sites for hydroxylation is 1. The van der Waals surface area contributed by atoms with Crippen molar-refractivity contribution in [1.29, 1.82) is 0 Å². The highest BCUT2D eigenvalue weighted by Gasteiger charge is 2.38. The molecule has 0 aromatic heterocycles. The van der Waals surface area contributed by atoms with Gasteiger partial charge in [0.2, 0.25) is 0 Å². The summed E-state index contributed by atoms with van der Waals surface area (Å²) in [5.74, 6) is -0.701. The highest BCUT2D eigenvalue weighted by Crippen LogP contribution is 2.45. The quantitative estimate of drug-likeness (QED) is 0.759. The molecular formula is C15H16NO2-. The molecule has 3 heteroatoms. The number of fused-ring (bicyclic) bond motifs is 3. The highest BCUT2D eigenvalue weighted by molar-refractivity contribution is 5.80. The minimum absolute atomic E-state index is 0.0876. The first-order chi connectivity index (χ1) is 8.59. The van der Waals surface area contributed by atoms with Gasteiger partial charge in [-0.3, -0.25) is 0 Å². The topological polar surface area (TPSA) is 52.2 Å². The number of benzene rings is 1. The molecular weight excluding hydrogens is 226 g/mol. The number of hydrogen-bond acceptors (Lipinski definition) is 3. The number of aliphatic carboxylic acids is 1. The summed E-state index contributed by atoms with van der Waals surface area (Å²) in [6.07, 6.45) is 5.02. The van der Waals surface area contributed by atoms with E-state index in [1.54, 1.807) is 0 Å². The number of carbonyl (C=O) groups is 1. The third kappa shape index (κ3) is 1.47. The normalized spacial score (nSPS) is 28.4. The van der Waals surface area contributed by atoms with Gasteiger partial charge in [0.15, 0.2) is 0 Å². The fourth-order valence-electron chi connectivity index (χ4n) is 3.15. The fraction of sp³-hybridized carbons (Fsp3) is 0.400. The van der Waals surface area contributed by atoms with Crippen molar-refractivity contribution in [1.82, 2.24) is 0 Å². The summed E-state index contributed by atoms with van der Waals surface area (Å²) in [6.45, 7) is 4.08. The Morgan fingerprint density at radius 3 is 2.89 bits per heavy atom. The van der Waals surface area contributed by atoms with Crippen molar-refractivity contribution in [2.45, 2.75) is 32.2 Å². The van der Waals surface area contributed by atoms with Crippen LogP contribution in [0.1, 0.15) is 29.0 Å². The largest absolute Gasteiger partial charge is 0.548 e. The Morgan fingerprint density at radius 2 is 2.17 bits per heavy atom. The van der Waals surface area contributed by atoms with Crippen molar-refractivity contribution in [2.24, 2.45) is 5.92 Å². The van der Waals surface area contributed by atoms with E-state index in [0.29, 0.717) is 0 Å². The molecule has 1 aromatic rings. The first-order valence-corrected chi connectivity index (χ1v) is 6.33. The molecule has 3 nitrogen and oxygen atoms in total. The van der Waals surface area contributed by atoms with Crippen LogP contribution >= 0.6 is 0 Å².